The minimum absolute atomic E-state index is 0.188. The Hall–Kier alpha value is -2.60. The number of aromatic nitrogens is 1. The maximum absolute atomic E-state index is 13.0. The van der Waals surface area contributed by atoms with Gasteiger partial charge in [0.1, 0.15) is 24.2 Å². The summed E-state index contributed by atoms with van der Waals surface area (Å²) in [7, 11) is 1.60. The summed E-state index contributed by atoms with van der Waals surface area (Å²) in [5.74, 6) is 0.574. The van der Waals surface area contributed by atoms with Gasteiger partial charge in [0.2, 0.25) is 0 Å². The molecule has 1 N–H and O–H groups in total. The normalized spacial score (nSPS) is 11.6. The molecule has 182 valence electrons. The topological polar surface area (TPSA) is 96.0 Å². The van der Waals surface area contributed by atoms with Gasteiger partial charge in [-0.25, -0.2) is 4.98 Å². The van der Waals surface area contributed by atoms with Crippen LogP contribution in [0.3, 0.4) is 0 Å². The van der Waals surface area contributed by atoms with Gasteiger partial charge in [-0.3, -0.25) is 14.9 Å². The predicted molar refractivity (Wildman–Crippen MR) is 134 cm³/mol. The van der Waals surface area contributed by atoms with Crippen molar-refractivity contribution in [2.24, 2.45) is 0 Å². The molecule has 0 bridgehead atoms. The van der Waals surface area contributed by atoms with E-state index in [0.717, 1.165) is 9.09 Å². The van der Waals surface area contributed by atoms with Crippen LogP contribution >= 0.6 is 34.4 Å². The molecule has 11 heteroatoms. The van der Waals surface area contributed by atoms with E-state index in [1.54, 1.807) is 49.8 Å². The van der Waals surface area contributed by atoms with E-state index in [1.165, 1.54) is 23.1 Å². The highest BCUT2D eigenvalue weighted by molar-refractivity contribution is 8.01. The zero-order chi connectivity index (χ0) is 24.3. The highest BCUT2D eigenvalue weighted by Crippen LogP contribution is 2.30. The highest BCUT2D eigenvalue weighted by Gasteiger charge is 2.15. The number of thiazole rings is 1. The zero-order valence-corrected chi connectivity index (χ0v) is 21.5. The van der Waals surface area contributed by atoms with Crippen molar-refractivity contribution in [2.75, 3.05) is 31.4 Å². The van der Waals surface area contributed by atoms with Crippen molar-refractivity contribution in [2.45, 2.75) is 30.8 Å². The summed E-state index contributed by atoms with van der Waals surface area (Å²) in [4.78, 5) is 29.8. The van der Waals surface area contributed by atoms with E-state index < -0.39 is 0 Å². The second kappa shape index (κ2) is 13.3. The van der Waals surface area contributed by atoms with Crippen molar-refractivity contribution in [1.29, 1.82) is 0 Å². The fraction of sp³-hybridized carbons (Fsp3) is 0.348. The monoisotopic (exact) mass is 522 g/mol. The summed E-state index contributed by atoms with van der Waals surface area (Å²) in [6.45, 7) is 4.79. The highest BCUT2D eigenvalue weighted by atomic mass is 32.2. The van der Waals surface area contributed by atoms with E-state index in [4.69, 9.17) is 18.9 Å². The van der Waals surface area contributed by atoms with Gasteiger partial charge in [0.25, 0.3) is 5.91 Å². The Labute approximate surface area is 210 Å². The number of methoxy groups -OCH3 is 1. The molecule has 0 radical (unpaired) electrons. The minimum Gasteiger partial charge on any atom is -0.488 e. The Morgan fingerprint density at radius 3 is 2.79 bits per heavy atom. The van der Waals surface area contributed by atoms with Gasteiger partial charge in [0.15, 0.2) is 5.13 Å². The molecular formula is C23H26N2O6S3. The number of nitrogens with one attached hydrogen (secondary N) is 1. The third-order valence-electron chi connectivity index (χ3n) is 4.18. The van der Waals surface area contributed by atoms with Gasteiger partial charge in [0, 0.05) is 23.6 Å². The number of hydrogen-bond acceptors (Lipinski definition) is 10. The molecule has 1 aromatic carbocycles. The smallest absolute Gasteiger partial charge is 0.316 e. The fourth-order valence-corrected chi connectivity index (χ4v) is 5.07. The number of hydrogen-bond donors (Lipinski definition) is 1. The first-order valence-corrected chi connectivity index (χ1v) is 13.2. The van der Waals surface area contributed by atoms with Crippen molar-refractivity contribution < 1.29 is 28.5 Å². The lowest BCUT2D eigenvalue weighted by Crippen LogP contribution is -2.18. The number of thioether (sulfide) groups is 1. The van der Waals surface area contributed by atoms with Crippen LogP contribution in [-0.2, 0) is 20.9 Å². The van der Waals surface area contributed by atoms with Crippen molar-refractivity contribution in [3.63, 3.8) is 0 Å². The van der Waals surface area contributed by atoms with Crippen LogP contribution in [0.15, 0.2) is 46.1 Å². The average molecular weight is 523 g/mol. The van der Waals surface area contributed by atoms with Crippen molar-refractivity contribution in [3.8, 4) is 11.5 Å². The van der Waals surface area contributed by atoms with Gasteiger partial charge in [-0.15, -0.1) is 23.1 Å². The van der Waals surface area contributed by atoms with Gasteiger partial charge in [-0.1, -0.05) is 17.4 Å². The molecule has 8 nitrogen and oxygen atoms in total. The molecule has 0 unspecified atom stereocenters. The SMILES string of the molecule is CCOC(=O)CSc1cnc(NC(=O)c2cc(OCc3cccs3)cc(O[C@@H](C)COC)c2)s1. The second-order valence-electron chi connectivity index (χ2n) is 6.98. The molecule has 0 aliphatic rings. The number of nitrogens with zero attached hydrogens (tertiary/aromatic N) is 1. The maximum atomic E-state index is 13.0. The summed E-state index contributed by atoms with van der Waals surface area (Å²) < 4.78 is 22.7. The Morgan fingerprint density at radius 1 is 1.24 bits per heavy atom. The average Bonchev–Trinajstić information content (AvgIpc) is 3.48. The molecule has 0 fully saturated rings. The third kappa shape index (κ3) is 8.32. The lowest BCUT2D eigenvalue weighted by molar-refractivity contribution is -0.139. The van der Waals surface area contributed by atoms with Crippen molar-refractivity contribution in [3.05, 3.63) is 52.3 Å². The first-order chi connectivity index (χ1) is 16.5. The van der Waals surface area contributed by atoms with Crippen LogP contribution in [-0.4, -0.2) is 49.0 Å². The van der Waals surface area contributed by atoms with Gasteiger partial charge >= 0.3 is 5.97 Å². The lowest BCUT2D eigenvalue weighted by atomic mass is 10.2. The van der Waals surface area contributed by atoms with Crippen LogP contribution in [0.4, 0.5) is 5.13 Å². The second-order valence-corrected chi connectivity index (χ2v) is 10.3. The summed E-state index contributed by atoms with van der Waals surface area (Å²) in [6, 6.07) is 9.02. The number of esters is 1. The van der Waals surface area contributed by atoms with Crippen LogP contribution in [0.1, 0.15) is 29.1 Å². The van der Waals surface area contributed by atoms with Crippen LogP contribution in [0, 0.1) is 0 Å². The molecule has 0 spiro atoms. The summed E-state index contributed by atoms with van der Waals surface area (Å²) >= 11 is 4.19. The van der Waals surface area contributed by atoms with E-state index in [0.29, 0.717) is 42.0 Å². The molecule has 2 aromatic heterocycles. The molecule has 0 saturated carbocycles. The van der Waals surface area contributed by atoms with Crippen LogP contribution < -0.4 is 14.8 Å². The Balaban J connectivity index is 1.69. The lowest BCUT2D eigenvalue weighted by Gasteiger charge is -2.16. The van der Waals surface area contributed by atoms with E-state index >= 15 is 0 Å². The molecule has 3 aromatic rings. The number of ether oxygens (including phenoxy) is 4. The third-order valence-corrected chi connectivity index (χ3v) is 7.12. The number of rotatable bonds is 13. The number of anilines is 1. The zero-order valence-electron chi connectivity index (χ0n) is 19.1. The minimum atomic E-state index is -0.345. The largest absolute Gasteiger partial charge is 0.488 e. The number of thiophene rings is 1. The van der Waals surface area contributed by atoms with Gasteiger partial charge in [0.05, 0.1) is 29.4 Å². The van der Waals surface area contributed by atoms with Gasteiger partial charge in [-0.05, 0) is 37.4 Å². The standard InChI is InChI=1S/C23H26N2O6S3/c1-4-29-20(26)14-33-21-11-24-23(34-21)25-22(27)16-8-17(30-13-19-6-5-7-32-19)10-18(9-16)31-15(2)12-28-3/h5-11,15H,4,12-14H2,1-3H3,(H,24,25,27)/t15-/m0/s1. The summed E-state index contributed by atoms with van der Waals surface area (Å²) in [5.41, 5.74) is 0.374. The Morgan fingerprint density at radius 2 is 2.06 bits per heavy atom. The van der Waals surface area contributed by atoms with Crippen LogP contribution in [0.5, 0.6) is 11.5 Å². The number of carbonyl (C=O) groups is 2. The van der Waals surface area contributed by atoms with Gasteiger partial charge < -0.3 is 18.9 Å². The fourth-order valence-electron chi connectivity index (χ4n) is 2.79. The molecule has 0 aliphatic heterocycles. The van der Waals surface area contributed by atoms with E-state index in [2.05, 4.69) is 10.3 Å². The van der Waals surface area contributed by atoms with Crippen LogP contribution in [0.2, 0.25) is 0 Å². The molecule has 1 atom stereocenters. The molecular weight excluding hydrogens is 496 g/mol. The quantitative estimate of drug-likeness (QED) is 0.245. The van der Waals surface area contributed by atoms with Crippen molar-refractivity contribution >= 4 is 51.4 Å². The number of benzene rings is 1. The number of carbonyl (C=O) groups excluding carboxylic acids is 2. The predicted octanol–water partition coefficient (Wildman–Crippen LogP) is 5.10. The molecule has 2 heterocycles. The molecule has 0 saturated heterocycles. The summed E-state index contributed by atoms with van der Waals surface area (Å²) in [6.07, 6.45) is 1.41. The maximum Gasteiger partial charge on any atom is 0.316 e. The molecule has 0 aliphatic carbocycles. The number of amides is 1. The van der Waals surface area contributed by atoms with E-state index in [9.17, 15) is 9.59 Å². The van der Waals surface area contributed by atoms with E-state index in [1.807, 2.05) is 24.4 Å². The van der Waals surface area contributed by atoms with E-state index in [-0.39, 0.29) is 23.7 Å². The molecule has 1 amide bonds. The Bertz CT molecular complexity index is 1070. The Kier molecular flexibility index (Phi) is 10.2. The van der Waals surface area contributed by atoms with Gasteiger partial charge in [-0.2, -0.15) is 0 Å². The first kappa shape index (κ1) is 26.0. The van der Waals surface area contributed by atoms with Crippen LogP contribution in [0.25, 0.3) is 0 Å². The van der Waals surface area contributed by atoms with Crippen molar-refractivity contribution in [1.82, 2.24) is 4.98 Å². The summed E-state index contributed by atoms with van der Waals surface area (Å²) in [5, 5.41) is 5.21. The molecule has 34 heavy (non-hydrogen) atoms. The molecule has 3 rings (SSSR count). The first-order valence-electron chi connectivity index (χ1n) is 10.5.